The maximum Gasteiger partial charge on any atom is 0.180 e. The first-order valence-electron chi connectivity index (χ1n) is 6.79. The first-order chi connectivity index (χ1) is 8.62. The van der Waals surface area contributed by atoms with E-state index in [1.165, 1.54) is 5.56 Å². The molecule has 1 atom stereocenters. The molecule has 0 aromatic heterocycles. The third-order valence-electron chi connectivity index (χ3n) is 3.07. The SMILES string of the molecule is CC.CCCC(C)(CC(=N)OC)c1ccccc1. The minimum absolute atomic E-state index is 0.0170. The smallest absolute Gasteiger partial charge is 0.180 e. The number of benzene rings is 1. The fraction of sp³-hybridized carbons (Fsp3) is 0.562. The Bertz CT molecular complexity index is 334. The lowest BCUT2D eigenvalue weighted by atomic mass is 9.76. The zero-order chi connectivity index (χ0) is 14.0. The van der Waals surface area contributed by atoms with Crippen molar-refractivity contribution in [3.8, 4) is 0 Å². The van der Waals surface area contributed by atoms with Gasteiger partial charge in [-0.3, -0.25) is 5.41 Å². The molecule has 102 valence electrons. The van der Waals surface area contributed by atoms with Gasteiger partial charge in [-0.2, -0.15) is 0 Å². The van der Waals surface area contributed by atoms with Crippen molar-refractivity contribution < 1.29 is 4.74 Å². The summed E-state index contributed by atoms with van der Waals surface area (Å²) in [6.07, 6.45) is 2.85. The van der Waals surface area contributed by atoms with Crippen LogP contribution in [-0.4, -0.2) is 13.0 Å². The number of hydrogen-bond donors (Lipinski definition) is 1. The van der Waals surface area contributed by atoms with Crippen LogP contribution in [0.4, 0.5) is 0 Å². The van der Waals surface area contributed by atoms with Crippen LogP contribution in [0.25, 0.3) is 0 Å². The predicted octanol–water partition coefficient (Wildman–Crippen LogP) is 4.78. The average Bonchev–Trinajstić information content (AvgIpc) is 2.42. The number of hydrogen-bond acceptors (Lipinski definition) is 2. The third-order valence-corrected chi connectivity index (χ3v) is 3.07. The lowest BCUT2D eigenvalue weighted by Gasteiger charge is -2.29. The molecule has 1 unspecified atom stereocenters. The molecule has 18 heavy (non-hydrogen) atoms. The molecule has 2 nitrogen and oxygen atoms in total. The molecule has 2 heteroatoms. The van der Waals surface area contributed by atoms with Gasteiger partial charge in [0, 0.05) is 11.8 Å². The summed E-state index contributed by atoms with van der Waals surface area (Å²) in [6, 6.07) is 10.4. The Kier molecular flexibility index (Phi) is 8.10. The van der Waals surface area contributed by atoms with E-state index < -0.39 is 0 Å². The Morgan fingerprint density at radius 1 is 1.22 bits per heavy atom. The molecule has 1 rings (SSSR count). The highest BCUT2D eigenvalue weighted by Crippen LogP contribution is 2.32. The molecular weight excluding hydrogens is 222 g/mol. The zero-order valence-corrected chi connectivity index (χ0v) is 12.4. The molecule has 0 aliphatic heterocycles. The first kappa shape index (κ1) is 16.7. The molecule has 0 aliphatic carbocycles. The van der Waals surface area contributed by atoms with Crippen LogP contribution in [0, 0.1) is 5.41 Å². The molecule has 0 fully saturated rings. The lowest BCUT2D eigenvalue weighted by Crippen LogP contribution is -2.26. The third kappa shape index (κ3) is 4.91. The van der Waals surface area contributed by atoms with Crippen LogP contribution in [0.3, 0.4) is 0 Å². The van der Waals surface area contributed by atoms with Crippen LogP contribution in [-0.2, 0) is 10.2 Å². The number of ether oxygens (including phenoxy) is 1. The summed E-state index contributed by atoms with van der Waals surface area (Å²) in [5.74, 6) is 0.361. The van der Waals surface area contributed by atoms with Crippen LogP contribution in [0.15, 0.2) is 30.3 Å². The van der Waals surface area contributed by atoms with Gasteiger partial charge in [0.2, 0.25) is 0 Å². The van der Waals surface area contributed by atoms with Gasteiger partial charge in [-0.05, 0) is 12.0 Å². The first-order valence-corrected chi connectivity index (χ1v) is 6.79. The van der Waals surface area contributed by atoms with Crippen molar-refractivity contribution in [1.82, 2.24) is 0 Å². The van der Waals surface area contributed by atoms with Gasteiger partial charge in [-0.25, -0.2) is 0 Å². The van der Waals surface area contributed by atoms with E-state index in [-0.39, 0.29) is 5.41 Å². The Hall–Kier alpha value is -1.31. The highest BCUT2D eigenvalue weighted by Gasteiger charge is 2.27. The molecule has 1 aromatic carbocycles. The highest BCUT2D eigenvalue weighted by atomic mass is 16.5. The summed E-state index contributed by atoms with van der Waals surface area (Å²) in [5.41, 5.74) is 1.31. The van der Waals surface area contributed by atoms with Crippen LogP contribution in [0.1, 0.15) is 52.5 Å². The van der Waals surface area contributed by atoms with Crippen molar-refractivity contribution in [2.45, 2.75) is 52.4 Å². The largest absolute Gasteiger partial charge is 0.484 e. The summed E-state index contributed by atoms with van der Waals surface area (Å²) >= 11 is 0. The summed E-state index contributed by atoms with van der Waals surface area (Å²) < 4.78 is 5.00. The second-order valence-electron chi connectivity index (χ2n) is 4.48. The van der Waals surface area contributed by atoms with Gasteiger partial charge in [0.05, 0.1) is 7.11 Å². The lowest BCUT2D eigenvalue weighted by molar-refractivity contribution is 0.348. The van der Waals surface area contributed by atoms with Crippen molar-refractivity contribution in [3.05, 3.63) is 35.9 Å². The Labute approximate surface area is 112 Å². The van der Waals surface area contributed by atoms with E-state index in [0.29, 0.717) is 12.3 Å². The van der Waals surface area contributed by atoms with Gasteiger partial charge in [-0.1, -0.05) is 64.4 Å². The van der Waals surface area contributed by atoms with Gasteiger partial charge >= 0.3 is 0 Å². The summed E-state index contributed by atoms with van der Waals surface area (Å²) in [7, 11) is 1.57. The summed E-state index contributed by atoms with van der Waals surface area (Å²) in [4.78, 5) is 0. The van der Waals surface area contributed by atoms with Gasteiger partial charge in [0.25, 0.3) is 0 Å². The highest BCUT2D eigenvalue weighted by molar-refractivity contribution is 5.74. The van der Waals surface area contributed by atoms with Gasteiger partial charge in [0.15, 0.2) is 5.90 Å². The number of nitrogens with one attached hydrogen (secondary N) is 1. The zero-order valence-electron chi connectivity index (χ0n) is 12.4. The van der Waals surface area contributed by atoms with Crippen molar-refractivity contribution >= 4 is 5.90 Å². The van der Waals surface area contributed by atoms with Crippen molar-refractivity contribution in [3.63, 3.8) is 0 Å². The van der Waals surface area contributed by atoms with Crippen LogP contribution in [0.2, 0.25) is 0 Å². The quantitative estimate of drug-likeness (QED) is 0.591. The number of rotatable bonds is 5. The molecular formula is C16H27NO. The van der Waals surface area contributed by atoms with Crippen molar-refractivity contribution in [1.29, 1.82) is 5.41 Å². The second kappa shape index (κ2) is 8.73. The average molecular weight is 249 g/mol. The molecule has 0 amide bonds. The Balaban J connectivity index is 0.00000137. The van der Waals surface area contributed by atoms with E-state index in [1.807, 2.05) is 19.9 Å². The van der Waals surface area contributed by atoms with E-state index in [2.05, 4.69) is 38.1 Å². The molecule has 1 N–H and O–H groups in total. The molecule has 0 saturated heterocycles. The topological polar surface area (TPSA) is 33.1 Å². The van der Waals surface area contributed by atoms with Crippen LogP contribution in [0.5, 0.6) is 0 Å². The minimum atomic E-state index is 0.0170. The fourth-order valence-corrected chi connectivity index (χ4v) is 2.15. The molecule has 0 heterocycles. The molecule has 0 saturated carbocycles. The van der Waals surface area contributed by atoms with Crippen LogP contribution >= 0.6 is 0 Å². The van der Waals surface area contributed by atoms with Crippen molar-refractivity contribution in [2.75, 3.05) is 7.11 Å². The van der Waals surface area contributed by atoms with Crippen molar-refractivity contribution in [2.24, 2.45) is 0 Å². The van der Waals surface area contributed by atoms with E-state index in [4.69, 9.17) is 10.1 Å². The Morgan fingerprint density at radius 2 is 1.78 bits per heavy atom. The van der Waals surface area contributed by atoms with E-state index >= 15 is 0 Å². The predicted molar refractivity (Wildman–Crippen MR) is 79.4 cm³/mol. The van der Waals surface area contributed by atoms with E-state index in [0.717, 1.165) is 12.8 Å². The number of methoxy groups -OCH3 is 1. The fourth-order valence-electron chi connectivity index (χ4n) is 2.15. The molecule has 0 bridgehead atoms. The summed E-state index contributed by atoms with van der Waals surface area (Å²) in [6.45, 7) is 8.39. The maximum absolute atomic E-state index is 7.70. The molecule has 0 spiro atoms. The molecule has 1 aromatic rings. The minimum Gasteiger partial charge on any atom is -0.484 e. The van der Waals surface area contributed by atoms with Gasteiger partial charge in [0.1, 0.15) is 0 Å². The molecule has 0 aliphatic rings. The standard InChI is InChI=1S/C14H21NO.C2H6/c1-4-10-14(2,11-13(15)16-3)12-8-6-5-7-9-12;1-2/h5-9,15H,4,10-11H2,1-3H3;1-2H3. The van der Waals surface area contributed by atoms with E-state index in [1.54, 1.807) is 7.11 Å². The summed E-state index contributed by atoms with van der Waals surface area (Å²) in [5, 5.41) is 7.70. The normalized spacial score (nSPS) is 12.9. The van der Waals surface area contributed by atoms with E-state index in [9.17, 15) is 0 Å². The van der Waals surface area contributed by atoms with Crippen LogP contribution < -0.4 is 0 Å². The monoisotopic (exact) mass is 249 g/mol. The maximum atomic E-state index is 7.70. The second-order valence-corrected chi connectivity index (χ2v) is 4.48. The van der Waals surface area contributed by atoms with Gasteiger partial charge in [-0.15, -0.1) is 0 Å². The Morgan fingerprint density at radius 3 is 2.22 bits per heavy atom. The molecule has 0 radical (unpaired) electrons. The van der Waals surface area contributed by atoms with Gasteiger partial charge < -0.3 is 4.74 Å².